The normalized spacial score (nSPS) is 11.4. The lowest BCUT2D eigenvalue weighted by Gasteiger charge is -2.19. The molecular formula is C25H31F3N4O5. The van der Waals surface area contributed by atoms with Crippen LogP contribution in [-0.4, -0.2) is 47.1 Å². The summed E-state index contributed by atoms with van der Waals surface area (Å²) in [7, 11) is 0. The summed E-state index contributed by atoms with van der Waals surface area (Å²) in [5, 5.41) is 21.6. The Balaban J connectivity index is 0.000000856. The van der Waals surface area contributed by atoms with Crippen LogP contribution in [-0.2, 0) is 14.3 Å². The highest BCUT2D eigenvalue weighted by Gasteiger charge is 2.31. The molecule has 2 rings (SSSR count). The van der Waals surface area contributed by atoms with Gasteiger partial charge in [-0.2, -0.15) is 0 Å². The van der Waals surface area contributed by atoms with Gasteiger partial charge in [0.2, 0.25) is 0 Å². The Hall–Kier alpha value is -3.77. The highest BCUT2D eigenvalue weighted by atomic mass is 19.4. The van der Waals surface area contributed by atoms with Gasteiger partial charge in [-0.25, -0.2) is 4.98 Å². The number of rotatable bonds is 12. The number of ether oxygens (including phenoxy) is 2. The first kappa shape index (κ1) is 31.3. The highest BCUT2D eigenvalue weighted by molar-refractivity contribution is 6.04. The lowest BCUT2D eigenvalue weighted by atomic mass is 9.98. The molecule has 0 amide bonds. The lowest BCUT2D eigenvalue weighted by molar-refractivity contribution is -0.274. The fraction of sp³-hybridized carbons (Fsp3) is 0.360. The second-order valence-electron chi connectivity index (χ2n) is 7.48. The maximum absolute atomic E-state index is 12.3. The number of halogens is 3. The van der Waals surface area contributed by atoms with Crippen molar-refractivity contribution >= 4 is 29.0 Å². The van der Waals surface area contributed by atoms with E-state index in [0.29, 0.717) is 29.7 Å². The zero-order valence-corrected chi connectivity index (χ0v) is 20.6. The number of aliphatic hydroxyl groups excluding tert-OH is 1. The summed E-state index contributed by atoms with van der Waals surface area (Å²) in [6.45, 7) is 6.36. The van der Waals surface area contributed by atoms with Crippen LogP contribution in [0.5, 0.6) is 5.75 Å². The van der Waals surface area contributed by atoms with Gasteiger partial charge in [-0.15, -0.1) is 13.2 Å². The molecule has 0 spiro atoms. The average Bonchev–Trinajstić information content (AvgIpc) is 2.87. The van der Waals surface area contributed by atoms with Crippen LogP contribution >= 0.6 is 0 Å². The number of aliphatic hydroxyl groups is 1. The number of carbonyl (C=O) groups excluding carboxylic acids is 2. The van der Waals surface area contributed by atoms with Gasteiger partial charge in [-0.3, -0.25) is 9.59 Å². The number of allylic oxidation sites excluding steroid dienone is 1. The molecule has 0 saturated heterocycles. The third-order valence-corrected chi connectivity index (χ3v) is 4.64. The summed E-state index contributed by atoms with van der Waals surface area (Å²) in [6, 6.07) is 6.46. The molecule has 1 aromatic carbocycles. The molecule has 0 aliphatic rings. The van der Waals surface area contributed by atoms with Crippen LogP contribution in [0.25, 0.3) is 0 Å². The molecule has 1 atom stereocenters. The smallest absolute Gasteiger partial charge is 0.462 e. The molecule has 0 radical (unpaired) electrons. The predicted octanol–water partition coefficient (Wildman–Crippen LogP) is 4.58. The minimum atomic E-state index is -4.79. The van der Waals surface area contributed by atoms with Crippen LogP contribution in [0.15, 0.2) is 49.2 Å². The van der Waals surface area contributed by atoms with Gasteiger partial charge in [0.15, 0.2) is 5.78 Å². The molecule has 12 heteroatoms. The topological polar surface area (TPSA) is 148 Å². The minimum absolute atomic E-state index is 0.141. The number of anilines is 2. The molecule has 1 heterocycles. The van der Waals surface area contributed by atoms with E-state index in [4.69, 9.17) is 15.9 Å². The first-order valence-corrected chi connectivity index (χ1v) is 11.3. The van der Waals surface area contributed by atoms with E-state index in [1.165, 1.54) is 30.5 Å². The second kappa shape index (κ2) is 15.4. The van der Waals surface area contributed by atoms with Gasteiger partial charge in [0.05, 0.1) is 6.54 Å². The van der Waals surface area contributed by atoms with Gasteiger partial charge in [0.25, 0.3) is 0 Å². The number of nitrogens with two attached hydrogens (primary N) is 1. The fourth-order valence-corrected chi connectivity index (χ4v) is 2.89. The van der Waals surface area contributed by atoms with Crippen LogP contribution in [0.2, 0.25) is 0 Å². The fourth-order valence-electron chi connectivity index (χ4n) is 2.89. The van der Waals surface area contributed by atoms with Crippen molar-refractivity contribution in [2.45, 2.75) is 45.6 Å². The SMILES string of the molecule is C=CC(=O)CCC.CCC(=N)c1c(C(O)COC(=O)CN)ccnc1Nc1ccc(OC(F)(F)F)cc1. The summed E-state index contributed by atoms with van der Waals surface area (Å²) in [5.41, 5.74) is 6.32. The zero-order valence-electron chi connectivity index (χ0n) is 20.6. The van der Waals surface area contributed by atoms with E-state index in [2.05, 4.69) is 21.6 Å². The molecule has 1 aromatic heterocycles. The van der Waals surface area contributed by atoms with Crippen molar-refractivity contribution in [3.05, 3.63) is 60.3 Å². The van der Waals surface area contributed by atoms with Gasteiger partial charge in [0, 0.05) is 29.6 Å². The molecule has 37 heavy (non-hydrogen) atoms. The molecule has 0 fully saturated rings. The van der Waals surface area contributed by atoms with Crippen molar-refractivity contribution in [2.75, 3.05) is 18.5 Å². The largest absolute Gasteiger partial charge is 0.573 e. The van der Waals surface area contributed by atoms with E-state index in [9.17, 15) is 27.9 Å². The van der Waals surface area contributed by atoms with Gasteiger partial charge in [-0.1, -0.05) is 20.4 Å². The maximum atomic E-state index is 12.3. The monoisotopic (exact) mass is 524 g/mol. The van der Waals surface area contributed by atoms with Crippen LogP contribution < -0.4 is 15.8 Å². The Morgan fingerprint density at radius 2 is 1.89 bits per heavy atom. The standard InChI is InChI=1S/C19H21F3N4O4.C6H10O/c1-2-14(24)17-13(15(27)10-29-16(28)9-23)7-8-25-18(17)26-11-3-5-12(6-4-11)30-19(20,21)22;1-3-5-6(7)4-2/h3-8,15,24,27H,2,9-10,23H2,1H3,(H,25,26);4H,2-3,5H2,1H3. The number of hydrogen-bond donors (Lipinski definition) is 4. The van der Waals surface area contributed by atoms with Crippen molar-refractivity contribution in [3.8, 4) is 5.75 Å². The van der Waals surface area contributed by atoms with Gasteiger partial charge in [0.1, 0.15) is 24.3 Å². The van der Waals surface area contributed by atoms with Crippen LogP contribution in [0, 0.1) is 5.41 Å². The lowest BCUT2D eigenvalue weighted by Crippen LogP contribution is -2.21. The number of benzene rings is 1. The average molecular weight is 525 g/mol. The van der Waals surface area contributed by atoms with Crippen molar-refractivity contribution in [1.82, 2.24) is 4.98 Å². The summed E-state index contributed by atoms with van der Waals surface area (Å²) >= 11 is 0. The van der Waals surface area contributed by atoms with Gasteiger partial charge in [-0.05, 0) is 54.8 Å². The third kappa shape index (κ3) is 11.2. The van der Waals surface area contributed by atoms with E-state index in [0.717, 1.165) is 18.6 Å². The van der Waals surface area contributed by atoms with Crippen molar-refractivity contribution in [3.63, 3.8) is 0 Å². The van der Waals surface area contributed by atoms with Gasteiger partial charge >= 0.3 is 12.3 Å². The Morgan fingerprint density at radius 3 is 2.38 bits per heavy atom. The van der Waals surface area contributed by atoms with E-state index in [1.54, 1.807) is 6.92 Å². The minimum Gasteiger partial charge on any atom is -0.462 e. The maximum Gasteiger partial charge on any atom is 0.573 e. The molecule has 0 saturated carbocycles. The molecule has 9 nitrogen and oxygen atoms in total. The highest BCUT2D eigenvalue weighted by Crippen LogP contribution is 2.29. The van der Waals surface area contributed by atoms with Crippen molar-refractivity contribution in [2.24, 2.45) is 5.73 Å². The summed E-state index contributed by atoms with van der Waals surface area (Å²) < 4.78 is 45.6. The number of hydrogen-bond acceptors (Lipinski definition) is 9. The number of nitrogens with zero attached hydrogens (tertiary/aromatic N) is 1. The zero-order chi connectivity index (χ0) is 28.0. The molecule has 1 unspecified atom stereocenters. The molecule has 0 aliphatic heterocycles. The van der Waals surface area contributed by atoms with E-state index < -0.39 is 18.4 Å². The molecular weight excluding hydrogens is 493 g/mol. The number of alkyl halides is 3. The Morgan fingerprint density at radius 1 is 1.24 bits per heavy atom. The Labute approximate surface area is 213 Å². The number of carbonyl (C=O) groups is 2. The quantitative estimate of drug-likeness (QED) is 0.179. The van der Waals surface area contributed by atoms with E-state index >= 15 is 0 Å². The van der Waals surface area contributed by atoms with Gasteiger partial charge < -0.3 is 31.0 Å². The number of nitrogens with one attached hydrogen (secondary N) is 2. The number of esters is 1. The van der Waals surface area contributed by atoms with E-state index in [-0.39, 0.29) is 36.2 Å². The molecule has 5 N–H and O–H groups in total. The van der Waals surface area contributed by atoms with E-state index in [1.807, 2.05) is 6.92 Å². The second-order valence-corrected chi connectivity index (χ2v) is 7.48. The molecule has 0 aliphatic carbocycles. The molecule has 202 valence electrons. The van der Waals surface area contributed by atoms with Crippen LogP contribution in [0.1, 0.15) is 50.3 Å². The Kier molecular flexibility index (Phi) is 13.0. The Bertz CT molecular complexity index is 1060. The first-order chi connectivity index (χ1) is 17.4. The summed E-state index contributed by atoms with van der Waals surface area (Å²) in [6.07, 6.45) is -1.39. The number of aromatic nitrogens is 1. The predicted molar refractivity (Wildman–Crippen MR) is 133 cm³/mol. The molecule has 0 bridgehead atoms. The number of pyridine rings is 1. The summed E-state index contributed by atoms with van der Waals surface area (Å²) in [4.78, 5) is 25.7. The first-order valence-electron chi connectivity index (χ1n) is 11.3. The summed E-state index contributed by atoms with van der Waals surface area (Å²) in [5.74, 6) is -0.710. The number of ketones is 1. The molecule has 2 aromatic rings. The van der Waals surface area contributed by atoms with Crippen LogP contribution in [0.4, 0.5) is 24.7 Å². The van der Waals surface area contributed by atoms with Crippen molar-refractivity contribution in [1.29, 1.82) is 5.41 Å². The van der Waals surface area contributed by atoms with Crippen molar-refractivity contribution < 1.29 is 37.3 Å². The third-order valence-electron chi connectivity index (χ3n) is 4.64. The van der Waals surface area contributed by atoms with Crippen LogP contribution in [0.3, 0.4) is 0 Å².